The second-order valence-corrected chi connectivity index (χ2v) is 10.7. The van der Waals surface area contributed by atoms with E-state index >= 15 is 0 Å². The van der Waals surface area contributed by atoms with Crippen LogP contribution in [-0.2, 0) is 36.5 Å². The number of aryl methyl sites for hydroxylation is 4. The van der Waals surface area contributed by atoms with E-state index in [4.69, 9.17) is 11.5 Å². The van der Waals surface area contributed by atoms with Gasteiger partial charge in [0, 0.05) is 22.2 Å². The Morgan fingerprint density at radius 1 is 0.471 bits per heavy atom. The number of nitrogens with two attached hydrogens (primary N) is 2. The van der Waals surface area contributed by atoms with Crippen molar-refractivity contribution in [1.82, 2.24) is 0 Å². The lowest BCUT2D eigenvalue weighted by Crippen LogP contribution is -2.22. The second kappa shape index (κ2) is 9.86. The highest BCUT2D eigenvalue weighted by molar-refractivity contribution is 5.59. The van der Waals surface area contributed by atoms with Gasteiger partial charge >= 0.3 is 0 Å². The van der Waals surface area contributed by atoms with Gasteiger partial charge in [0.1, 0.15) is 0 Å². The van der Waals surface area contributed by atoms with Crippen LogP contribution in [-0.4, -0.2) is 0 Å². The second-order valence-electron chi connectivity index (χ2n) is 10.7. The first-order chi connectivity index (χ1) is 16.0. The van der Waals surface area contributed by atoms with Gasteiger partial charge in [-0.15, -0.1) is 0 Å². The van der Waals surface area contributed by atoms with Gasteiger partial charge in [0.25, 0.3) is 0 Å². The molecule has 3 rings (SSSR count). The molecule has 0 aliphatic rings. The lowest BCUT2D eigenvalue weighted by Gasteiger charge is -2.31. The van der Waals surface area contributed by atoms with Crippen molar-refractivity contribution in [2.45, 2.75) is 91.9 Å². The quantitative estimate of drug-likeness (QED) is 0.340. The molecule has 0 atom stereocenters. The highest BCUT2D eigenvalue weighted by Gasteiger charge is 2.28. The standard InChI is InChI=1S/C32H44N2/c1-9-21-17-27(18-22(10-2)29(21)33)31(5,6)25-13-15-26(16-14-25)32(7,8)28-19-23(11-3)30(34)24(12-4)20-28/h13-20H,9-12,33-34H2,1-8H3. The lowest BCUT2D eigenvalue weighted by molar-refractivity contribution is 0.624. The van der Waals surface area contributed by atoms with E-state index in [9.17, 15) is 0 Å². The van der Waals surface area contributed by atoms with Gasteiger partial charge in [0.05, 0.1) is 0 Å². The van der Waals surface area contributed by atoms with Crippen LogP contribution in [0.3, 0.4) is 0 Å². The van der Waals surface area contributed by atoms with Crippen molar-refractivity contribution >= 4 is 11.4 Å². The maximum absolute atomic E-state index is 6.42. The van der Waals surface area contributed by atoms with Gasteiger partial charge in [-0.1, -0.05) is 104 Å². The minimum atomic E-state index is -0.101. The third-order valence-electron chi connectivity index (χ3n) is 8.00. The fraction of sp³-hybridized carbons (Fsp3) is 0.438. The predicted molar refractivity (Wildman–Crippen MR) is 150 cm³/mol. The van der Waals surface area contributed by atoms with Crippen LogP contribution in [0.15, 0.2) is 48.5 Å². The molecule has 0 aromatic heterocycles. The molecule has 0 saturated heterocycles. The van der Waals surface area contributed by atoms with Crippen molar-refractivity contribution < 1.29 is 0 Å². The molecule has 2 heteroatoms. The van der Waals surface area contributed by atoms with E-state index in [0.29, 0.717) is 0 Å². The molecule has 3 aromatic rings. The highest BCUT2D eigenvalue weighted by atomic mass is 14.6. The summed E-state index contributed by atoms with van der Waals surface area (Å²) < 4.78 is 0. The molecule has 0 bridgehead atoms. The van der Waals surface area contributed by atoms with Crippen LogP contribution in [0, 0.1) is 0 Å². The minimum Gasteiger partial charge on any atom is -0.398 e. The third-order valence-corrected chi connectivity index (χ3v) is 8.00. The van der Waals surface area contributed by atoms with Crippen LogP contribution in [0.2, 0.25) is 0 Å². The summed E-state index contributed by atoms with van der Waals surface area (Å²) in [5.41, 5.74) is 24.9. The molecule has 0 radical (unpaired) electrons. The number of hydrogen-bond acceptors (Lipinski definition) is 2. The van der Waals surface area contributed by atoms with Gasteiger partial charge in [-0.2, -0.15) is 0 Å². The molecule has 0 fully saturated rings. The summed E-state index contributed by atoms with van der Waals surface area (Å²) in [4.78, 5) is 0. The van der Waals surface area contributed by atoms with Crippen molar-refractivity contribution in [2.24, 2.45) is 0 Å². The SMILES string of the molecule is CCc1cc(C(C)(C)c2ccc(C(C)(C)c3cc(CC)c(N)c(CC)c3)cc2)cc(CC)c1N. The predicted octanol–water partition coefficient (Wildman–Crippen LogP) is 7.75. The lowest BCUT2D eigenvalue weighted by atomic mass is 9.73. The average molecular weight is 457 g/mol. The number of benzene rings is 3. The molecule has 0 amide bonds. The molecule has 0 aliphatic carbocycles. The van der Waals surface area contributed by atoms with Gasteiger partial charge in [-0.05, 0) is 70.2 Å². The summed E-state index contributed by atoms with van der Waals surface area (Å²) in [6, 6.07) is 18.5. The van der Waals surface area contributed by atoms with Gasteiger partial charge in [-0.3, -0.25) is 0 Å². The molecule has 0 heterocycles. The summed E-state index contributed by atoms with van der Waals surface area (Å²) in [6.07, 6.45) is 3.82. The van der Waals surface area contributed by atoms with Gasteiger partial charge in [0.2, 0.25) is 0 Å². The molecule has 0 saturated carbocycles. The zero-order valence-corrected chi connectivity index (χ0v) is 22.6. The van der Waals surface area contributed by atoms with Crippen molar-refractivity contribution in [3.8, 4) is 0 Å². The highest BCUT2D eigenvalue weighted by Crippen LogP contribution is 2.38. The zero-order valence-electron chi connectivity index (χ0n) is 22.6. The number of rotatable bonds is 8. The molecule has 0 spiro atoms. The molecule has 0 unspecified atom stereocenters. The van der Waals surface area contributed by atoms with Crippen molar-refractivity contribution in [1.29, 1.82) is 0 Å². The first-order valence-electron chi connectivity index (χ1n) is 13.0. The summed E-state index contributed by atoms with van der Waals surface area (Å²) >= 11 is 0. The molecule has 0 aliphatic heterocycles. The van der Waals surface area contributed by atoms with Crippen LogP contribution in [0.25, 0.3) is 0 Å². The van der Waals surface area contributed by atoms with Crippen LogP contribution in [0.1, 0.15) is 99.9 Å². The van der Waals surface area contributed by atoms with Crippen LogP contribution in [0.5, 0.6) is 0 Å². The van der Waals surface area contributed by atoms with E-state index in [-0.39, 0.29) is 10.8 Å². The fourth-order valence-corrected chi connectivity index (χ4v) is 5.09. The Labute approximate surface area is 207 Å². The Bertz CT molecular complexity index is 1010. The fourth-order valence-electron chi connectivity index (χ4n) is 5.09. The maximum atomic E-state index is 6.42. The van der Waals surface area contributed by atoms with Crippen LogP contribution < -0.4 is 11.5 Å². The van der Waals surface area contributed by atoms with Crippen molar-refractivity contribution in [3.05, 3.63) is 93.0 Å². The van der Waals surface area contributed by atoms with Crippen LogP contribution >= 0.6 is 0 Å². The van der Waals surface area contributed by atoms with E-state index in [2.05, 4.69) is 104 Å². The molecule has 34 heavy (non-hydrogen) atoms. The van der Waals surface area contributed by atoms with Gasteiger partial charge < -0.3 is 11.5 Å². The summed E-state index contributed by atoms with van der Waals surface area (Å²) in [5, 5.41) is 0. The normalized spacial score (nSPS) is 12.2. The Morgan fingerprint density at radius 2 is 0.706 bits per heavy atom. The zero-order chi connectivity index (χ0) is 25.3. The van der Waals surface area contributed by atoms with Gasteiger partial charge in [0.15, 0.2) is 0 Å². The summed E-state index contributed by atoms with van der Waals surface area (Å²) in [5.74, 6) is 0. The van der Waals surface area contributed by atoms with E-state index < -0.39 is 0 Å². The van der Waals surface area contributed by atoms with E-state index in [1.165, 1.54) is 44.5 Å². The monoisotopic (exact) mass is 456 g/mol. The van der Waals surface area contributed by atoms with E-state index in [0.717, 1.165) is 37.1 Å². The Balaban J connectivity index is 2.02. The van der Waals surface area contributed by atoms with E-state index in [1.807, 2.05) is 0 Å². The Kier molecular flexibility index (Phi) is 7.50. The number of nitrogen functional groups attached to an aromatic ring is 2. The molecule has 182 valence electrons. The third kappa shape index (κ3) is 4.60. The summed E-state index contributed by atoms with van der Waals surface area (Å²) in [6.45, 7) is 18.0. The summed E-state index contributed by atoms with van der Waals surface area (Å²) in [7, 11) is 0. The topological polar surface area (TPSA) is 52.0 Å². The number of hydrogen-bond donors (Lipinski definition) is 2. The first-order valence-corrected chi connectivity index (χ1v) is 13.0. The molecule has 4 N–H and O–H groups in total. The largest absolute Gasteiger partial charge is 0.398 e. The molecule has 2 nitrogen and oxygen atoms in total. The van der Waals surface area contributed by atoms with Crippen molar-refractivity contribution in [3.63, 3.8) is 0 Å². The molecular weight excluding hydrogens is 412 g/mol. The maximum Gasteiger partial charge on any atom is 0.0379 e. The number of anilines is 2. The molecule has 3 aromatic carbocycles. The Hall–Kier alpha value is -2.74. The van der Waals surface area contributed by atoms with Crippen LogP contribution in [0.4, 0.5) is 11.4 Å². The Morgan fingerprint density at radius 3 is 0.912 bits per heavy atom. The average Bonchev–Trinajstić information content (AvgIpc) is 2.84. The van der Waals surface area contributed by atoms with Crippen molar-refractivity contribution in [2.75, 3.05) is 11.5 Å². The first kappa shape index (κ1) is 25.9. The molecular formula is C32H44N2. The smallest absolute Gasteiger partial charge is 0.0379 e. The van der Waals surface area contributed by atoms with Gasteiger partial charge in [-0.25, -0.2) is 0 Å². The minimum absolute atomic E-state index is 0.101. The van der Waals surface area contributed by atoms with E-state index in [1.54, 1.807) is 0 Å².